The molecule has 2 aliphatic heterocycles. The number of hydrogen-bond donors (Lipinski definition) is 0. The lowest BCUT2D eigenvalue weighted by Gasteiger charge is -2.35. The van der Waals surface area contributed by atoms with Crippen molar-refractivity contribution in [3.05, 3.63) is 42.2 Å². The lowest BCUT2D eigenvalue weighted by Crippen LogP contribution is -2.49. The second-order valence-corrected chi connectivity index (χ2v) is 7.28. The molecule has 0 bridgehead atoms. The van der Waals surface area contributed by atoms with Crippen molar-refractivity contribution >= 4 is 23.5 Å². The highest BCUT2D eigenvalue weighted by atomic mass is 16.5. The molecular formula is C21H25N5O3. The molecule has 0 spiro atoms. The van der Waals surface area contributed by atoms with Crippen LogP contribution in [0.15, 0.2) is 36.7 Å². The van der Waals surface area contributed by atoms with E-state index in [4.69, 9.17) is 4.74 Å². The van der Waals surface area contributed by atoms with E-state index in [1.807, 2.05) is 30.0 Å². The van der Waals surface area contributed by atoms with Crippen molar-refractivity contribution in [2.24, 2.45) is 0 Å². The molecule has 0 aliphatic carbocycles. The van der Waals surface area contributed by atoms with E-state index in [0.29, 0.717) is 45.3 Å². The van der Waals surface area contributed by atoms with Crippen LogP contribution >= 0.6 is 0 Å². The summed E-state index contributed by atoms with van der Waals surface area (Å²) in [7, 11) is 0. The zero-order valence-corrected chi connectivity index (χ0v) is 16.6. The van der Waals surface area contributed by atoms with E-state index >= 15 is 0 Å². The Labute approximate surface area is 170 Å². The number of carbonyl (C=O) groups excluding carboxylic acids is 2. The number of benzene rings is 1. The lowest BCUT2D eigenvalue weighted by molar-refractivity contribution is -0.133. The molecule has 4 rings (SSSR count). The number of ether oxygens (including phenoxy) is 1. The van der Waals surface area contributed by atoms with E-state index in [0.717, 1.165) is 17.0 Å². The summed E-state index contributed by atoms with van der Waals surface area (Å²) in [5.41, 5.74) is 1.87. The van der Waals surface area contributed by atoms with Crippen LogP contribution in [0, 0.1) is 6.92 Å². The predicted molar refractivity (Wildman–Crippen MR) is 109 cm³/mol. The SMILES string of the molecule is Cc1ccc2c(c1)N(C(=O)CCC(=O)N1CCN(c3ncccn3)CC1)CCO2. The molecule has 0 saturated carbocycles. The van der Waals surface area contributed by atoms with Crippen molar-refractivity contribution in [3.63, 3.8) is 0 Å². The number of amides is 2. The molecule has 152 valence electrons. The molecule has 3 heterocycles. The average Bonchev–Trinajstić information content (AvgIpc) is 2.77. The summed E-state index contributed by atoms with van der Waals surface area (Å²) in [6.45, 7) is 5.59. The Hall–Kier alpha value is -3.16. The smallest absolute Gasteiger partial charge is 0.227 e. The van der Waals surface area contributed by atoms with E-state index in [2.05, 4.69) is 14.9 Å². The van der Waals surface area contributed by atoms with Crippen LogP contribution in [0.25, 0.3) is 0 Å². The van der Waals surface area contributed by atoms with Gasteiger partial charge in [0.15, 0.2) is 0 Å². The number of anilines is 2. The fourth-order valence-electron chi connectivity index (χ4n) is 3.70. The summed E-state index contributed by atoms with van der Waals surface area (Å²) >= 11 is 0. The van der Waals surface area contributed by atoms with Crippen molar-refractivity contribution < 1.29 is 14.3 Å². The predicted octanol–water partition coefficient (Wildman–Crippen LogP) is 1.64. The highest BCUT2D eigenvalue weighted by Gasteiger charge is 2.26. The lowest BCUT2D eigenvalue weighted by atomic mass is 10.1. The topological polar surface area (TPSA) is 78.9 Å². The fourth-order valence-corrected chi connectivity index (χ4v) is 3.70. The van der Waals surface area contributed by atoms with Crippen molar-refractivity contribution in [3.8, 4) is 5.75 Å². The molecule has 1 aromatic heterocycles. The van der Waals surface area contributed by atoms with Crippen molar-refractivity contribution in [2.75, 3.05) is 49.1 Å². The van der Waals surface area contributed by atoms with E-state index in [1.165, 1.54) is 0 Å². The molecule has 2 aromatic rings. The van der Waals surface area contributed by atoms with Gasteiger partial charge < -0.3 is 19.4 Å². The van der Waals surface area contributed by atoms with Crippen LogP contribution in [0.3, 0.4) is 0 Å². The minimum absolute atomic E-state index is 0.0182. The van der Waals surface area contributed by atoms with Crippen molar-refractivity contribution in [1.29, 1.82) is 0 Å². The number of carbonyl (C=O) groups is 2. The standard InChI is InChI=1S/C21H25N5O3/c1-16-3-4-18-17(15-16)26(13-14-29-18)20(28)6-5-19(27)24-9-11-25(12-10-24)21-22-7-2-8-23-21/h2-4,7-8,15H,5-6,9-14H2,1H3. The van der Waals surface area contributed by atoms with E-state index in [1.54, 1.807) is 23.4 Å². The van der Waals surface area contributed by atoms with Crippen molar-refractivity contribution in [1.82, 2.24) is 14.9 Å². The number of piperazine rings is 1. The first-order chi connectivity index (χ1) is 14.1. The second kappa shape index (κ2) is 8.46. The highest BCUT2D eigenvalue weighted by Crippen LogP contribution is 2.32. The Bertz CT molecular complexity index is 881. The molecule has 0 radical (unpaired) electrons. The molecule has 0 unspecified atom stereocenters. The van der Waals surface area contributed by atoms with E-state index in [-0.39, 0.29) is 24.7 Å². The Morgan fingerprint density at radius 3 is 2.48 bits per heavy atom. The Kier molecular flexibility index (Phi) is 5.59. The number of aryl methyl sites for hydroxylation is 1. The normalized spacial score (nSPS) is 16.2. The van der Waals surface area contributed by atoms with Gasteiger partial charge in [-0.1, -0.05) is 6.07 Å². The molecule has 1 fully saturated rings. The fraction of sp³-hybridized carbons (Fsp3) is 0.429. The molecule has 8 nitrogen and oxygen atoms in total. The number of aromatic nitrogens is 2. The van der Waals surface area contributed by atoms with Crippen LogP contribution in [0.4, 0.5) is 11.6 Å². The van der Waals surface area contributed by atoms with Crippen LogP contribution in [0.1, 0.15) is 18.4 Å². The first kappa shape index (κ1) is 19.2. The minimum atomic E-state index is -0.0372. The monoisotopic (exact) mass is 395 g/mol. The molecule has 0 atom stereocenters. The van der Waals surface area contributed by atoms with Gasteiger partial charge in [0.05, 0.1) is 12.2 Å². The first-order valence-corrected chi connectivity index (χ1v) is 9.95. The number of rotatable bonds is 4. The van der Waals surface area contributed by atoms with E-state index < -0.39 is 0 Å². The van der Waals surface area contributed by atoms with Gasteiger partial charge in [-0.2, -0.15) is 0 Å². The maximum Gasteiger partial charge on any atom is 0.227 e. The Morgan fingerprint density at radius 2 is 1.72 bits per heavy atom. The molecule has 0 N–H and O–H groups in total. The van der Waals surface area contributed by atoms with Crippen LogP contribution < -0.4 is 14.5 Å². The number of fused-ring (bicyclic) bond motifs is 1. The number of hydrogen-bond acceptors (Lipinski definition) is 6. The molecule has 2 amide bonds. The van der Waals surface area contributed by atoms with Gasteiger partial charge in [0.2, 0.25) is 17.8 Å². The van der Waals surface area contributed by atoms with Gasteiger partial charge in [-0.3, -0.25) is 9.59 Å². The van der Waals surface area contributed by atoms with Crippen LogP contribution in [-0.2, 0) is 9.59 Å². The maximum atomic E-state index is 12.8. The minimum Gasteiger partial charge on any atom is -0.490 e. The second-order valence-electron chi connectivity index (χ2n) is 7.28. The number of nitrogens with zero attached hydrogens (tertiary/aromatic N) is 5. The van der Waals surface area contributed by atoms with Crippen LogP contribution in [0.5, 0.6) is 5.75 Å². The average molecular weight is 395 g/mol. The van der Waals surface area contributed by atoms with Gasteiger partial charge in [0.25, 0.3) is 0 Å². The molecule has 29 heavy (non-hydrogen) atoms. The van der Waals surface area contributed by atoms with Gasteiger partial charge >= 0.3 is 0 Å². The third kappa shape index (κ3) is 4.31. The quantitative estimate of drug-likeness (QED) is 0.783. The maximum absolute atomic E-state index is 12.8. The highest BCUT2D eigenvalue weighted by molar-refractivity contribution is 5.97. The summed E-state index contributed by atoms with van der Waals surface area (Å²) in [6.07, 6.45) is 3.86. The van der Waals surface area contributed by atoms with E-state index in [9.17, 15) is 9.59 Å². The van der Waals surface area contributed by atoms with Crippen LogP contribution in [0.2, 0.25) is 0 Å². The third-order valence-corrected chi connectivity index (χ3v) is 5.30. The molecule has 1 aromatic carbocycles. The van der Waals surface area contributed by atoms with Gasteiger partial charge in [0, 0.05) is 51.4 Å². The zero-order valence-electron chi connectivity index (χ0n) is 16.6. The third-order valence-electron chi connectivity index (χ3n) is 5.30. The summed E-state index contributed by atoms with van der Waals surface area (Å²) in [6, 6.07) is 7.61. The molecule has 1 saturated heterocycles. The zero-order chi connectivity index (χ0) is 20.2. The summed E-state index contributed by atoms with van der Waals surface area (Å²) in [5.74, 6) is 1.39. The summed E-state index contributed by atoms with van der Waals surface area (Å²) < 4.78 is 5.64. The van der Waals surface area contributed by atoms with Gasteiger partial charge in [-0.25, -0.2) is 9.97 Å². The Morgan fingerprint density at radius 1 is 1.00 bits per heavy atom. The van der Waals surface area contributed by atoms with Gasteiger partial charge in [0.1, 0.15) is 12.4 Å². The van der Waals surface area contributed by atoms with Crippen molar-refractivity contribution in [2.45, 2.75) is 19.8 Å². The van der Waals surface area contributed by atoms with Gasteiger partial charge in [-0.05, 0) is 30.7 Å². The largest absolute Gasteiger partial charge is 0.490 e. The molecule has 2 aliphatic rings. The van der Waals surface area contributed by atoms with Crippen LogP contribution in [-0.4, -0.2) is 66.0 Å². The molecular weight excluding hydrogens is 370 g/mol. The van der Waals surface area contributed by atoms with Gasteiger partial charge in [-0.15, -0.1) is 0 Å². The summed E-state index contributed by atoms with van der Waals surface area (Å²) in [4.78, 5) is 39.5. The Balaban J connectivity index is 1.29. The first-order valence-electron chi connectivity index (χ1n) is 9.95. The summed E-state index contributed by atoms with van der Waals surface area (Å²) in [5, 5.41) is 0. The molecule has 8 heteroatoms.